The van der Waals surface area contributed by atoms with Crippen LogP contribution in [0.4, 0.5) is 5.69 Å². The Hall–Kier alpha value is -2.24. The summed E-state index contributed by atoms with van der Waals surface area (Å²) >= 11 is 0. The number of hydrogen-bond donors (Lipinski definition) is 3. The Morgan fingerprint density at radius 3 is 2.61 bits per heavy atom. The summed E-state index contributed by atoms with van der Waals surface area (Å²) < 4.78 is 5.26. The lowest BCUT2D eigenvalue weighted by Crippen LogP contribution is -2.42. The molecule has 98 valence electrons. The Morgan fingerprint density at radius 1 is 1.44 bits per heavy atom. The fourth-order valence-corrected chi connectivity index (χ4v) is 1.33. The lowest BCUT2D eigenvalue weighted by molar-refractivity contribution is -0.119. The number of hydrogen-bond acceptors (Lipinski definition) is 4. The molecule has 0 spiro atoms. The SMILES string of the molecule is CCOc1ccc(C(=O)NC(C)C(N)=O)cc1N. The summed E-state index contributed by atoms with van der Waals surface area (Å²) in [5, 5.41) is 2.46. The number of carbonyl (C=O) groups is 2. The highest BCUT2D eigenvalue weighted by molar-refractivity contribution is 5.98. The van der Waals surface area contributed by atoms with Gasteiger partial charge in [0.2, 0.25) is 5.91 Å². The molecule has 0 heterocycles. The molecular weight excluding hydrogens is 234 g/mol. The molecule has 1 atom stereocenters. The maximum Gasteiger partial charge on any atom is 0.251 e. The van der Waals surface area contributed by atoms with Gasteiger partial charge >= 0.3 is 0 Å². The van der Waals surface area contributed by atoms with Gasteiger partial charge in [-0.1, -0.05) is 0 Å². The predicted octanol–water partition coefficient (Wildman–Crippen LogP) is 0.271. The van der Waals surface area contributed by atoms with Gasteiger partial charge in [0.25, 0.3) is 5.91 Å². The molecular formula is C12H17N3O3. The van der Waals surface area contributed by atoms with E-state index in [4.69, 9.17) is 16.2 Å². The van der Waals surface area contributed by atoms with Crippen molar-refractivity contribution < 1.29 is 14.3 Å². The number of nitrogen functional groups attached to an aromatic ring is 1. The first-order valence-corrected chi connectivity index (χ1v) is 5.58. The molecule has 6 nitrogen and oxygen atoms in total. The molecule has 0 saturated carbocycles. The Bertz CT molecular complexity index is 460. The fourth-order valence-electron chi connectivity index (χ4n) is 1.33. The van der Waals surface area contributed by atoms with Crippen LogP contribution in [0, 0.1) is 0 Å². The van der Waals surface area contributed by atoms with E-state index in [1.165, 1.54) is 13.0 Å². The standard InChI is InChI=1S/C12H17N3O3/c1-3-18-10-5-4-8(6-9(10)13)12(17)15-7(2)11(14)16/h4-7H,3,13H2,1-2H3,(H2,14,16)(H,15,17). The molecule has 0 radical (unpaired) electrons. The van der Waals surface area contributed by atoms with E-state index in [1.807, 2.05) is 6.92 Å². The Kier molecular flexibility index (Phi) is 4.53. The van der Waals surface area contributed by atoms with Gasteiger partial charge in [-0.25, -0.2) is 0 Å². The summed E-state index contributed by atoms with van der Waals surface area (Å²) in [5.74, 6) is -0.477. The van der Waals surface area contributed by atoms with Crippen LogP contribution in [0.15, 0.2) is 18.2 Å². The van der Waals surface area contributed by atoms with E-state index >= 15 is 0 Å². The summed E-state index contributed by atoms with van der Waals surface area (Å²) in [7, 11) is 0. The number of nitrogens with two attached hydrogens (primary N) is 2. The minimum absolute atomic E-state index is 0.351. The topological polar surface area (TPSA) is 107 Å². The first kappa shape index (κ1) is 13.8. The van der Waals surface area contributed by atoms with E-state index in [1.54, 1.807) is 12.1 Å². The second-order valence-corrected chi connectivity index (χ2v) is 3.78. The molecule has 0 saturated heterocycles. The monoisotopic (exact) mass is 251 g/mol. The molecule has 0 fully saturated rings. The van der Waals surface area contributed by atoms with Crippen LogP contribution >= 0.6 is 0 Å². The molecule has 1 aromatic carbocycles. The summed E-state index contributed by atoms with van der Waals surface area (Å²) in [6, 6.07) is 3.95. The van der Waals surface area contributed by atoms with Crippen molar-refractivity contribution in [3.63, 3.8) is 0 Å². The molecule has 2 amide bonds. The fraction of sp³-hybridized carbons (Fsp3) is 0.333. The first-order chi connectivity index (χ1) is 8.45. The van der Waals surface area contributed by atoms with Gasteiger partial charge in [0.15, 0.2) is 0 Å². The molecule has 0 aliphatic heterocycles. The van der Waals surface area contributed by atoms with Crippen LogP contribution in [0.25, 0.3) is 0 Å². The van der Waals surface area contributed by atoms with Gasteiger partial charge in [-0.15, -0.1) is 0 Å². The summed E-state index contributed by atoms with van der Waals surface area (Å²) in [6.07, 6.45) is 0. The zero-order valence-electron chi connectivity index (χ0n) is 10.4. The molecule has 1 rings (SSSR count). The van der Waals surface area contributed by atoms with Gasteiger partial charge in [-0.3, -0.25) is 9.59 Å². The Labute approximate surface area is 105 Å². The van der Waals surface area contributed by atoms with E-state index in [0.29, 0.717) is 23.6 Å². The molecule has 18 heavy (non-hydrogen) atoms. The second kappa shape index (κ2) is 5.90. The van der Waals surface area contributed by atoms with Gasteiger partial charge in [-0.05, 0) is 32.0 Å². The Balaban J connectivity index is 2.81. The van der Waals surface area contributed by atoms with E-state index in [-0.39, 0.29) is 0 Å². The molecule has 6 heteroatoms. The number of benzene rings is 1. The third kappa shape index (κ3) is 3.38. The van der Waals surface area contributed by atoms with Crippen LogP contribution in [0.5, 0.6) is 5.75 Å². The zero-order valence-corrected chi connectivity index (χ0v) is 10.4. The number of anilines is 1. The van der Waals surface area contributed by atoms with Crippen LogP contribution in [-0.4, -0.2) is 24.5 Å². The third-order valence-electron chi connectivity index (χ3n) is 2.35. The number of amides is 2. The van der Waals surface area contributed by atoms with E-state index in [0.717, 1.165) is 0 Å². The lowest BCUT2D eigenvalue weighted by Gasteiger charge is -2.12. The molecule has 0 aliphatic rings. The number of primary amides is 1. The predicted molar refractivity (Wildman–Crippen MR) is 68.1 cm³/mol. The van der Waals surface area contributed by atoms with Crippen molar-refractivity contribution in [3.8, 4) is 5.75 Å². The minimum Gasteiger partial charge on any atom is -0.492 e. The van der Waals surface area contributed by atoms with E-state index in [9.17, 15) is 9.59 Å². The van der Waals surface area contributed by atoms with Crippen LogP contribution in [-0.2, 0) is 4.79 Å². The molecule has 5 N–H and O–H groups in total. The van der Waals surface area contributed by atoms with E-state index < -0.39 is 17.9 Å². The summed E-state index contributed by atoms with van der Waals surface area (Å²) in [5.41, 5.74) is 11.5. The van der Waals surface area contributed by atoms with E-state index in [2.05, 4.69) is 5.32 Å². The van der Waals surface area contributed by atoms with Crippen molar-refractivity contribution in [2.75, 3.05) is 12.3 Å². The summed E-state index contributed by atoms with van der Waals surface area (Å²) in [6.45, 7) is 3.85. The van der Waals surface area contributed by atoms with Gasteiger partial charge < -0.3 is 21.5 Å². The van der Waals surface area contributed by atoms with Gasteiger partial charge in [0.05, 0.1) is 12.3 Å². The van der Waals surface area contributed by atoms with Gasteiger partial charge in [0, 0.05) is 5.56 Å². The average Bonchev–Trinajstić information content (AvgIpc) is 2.31. The maximum absolute atomic E-state index is 11.8. The van der Waals surface area contributed by atoms with Crippen molar-refractivity contribution in [3.05, 3.63) is 23.8 Å². The molecule has 0 bridgehead atoms. The highest BCUT2D eigenvalue weighted by Crippen LogP contribution is 2.22. The third-order valence-corrected chi connectivity index (χ3v) is 2.35. The smallest absolute Gasteiger partial charge is 0.251 e. The van der Waals surface area contributed by atoms with Crippen LogP contribution in [0.3, 0.4) is 0 Å². The van der Waals surface area contributed by atoms with Gasteiger partial charge in [0.1, 0.15) is 11.8 Å². The largest absolute Gasteiger partial charge is 0.492 e. The lowest BCUT2D eigenvalue weighted by atomic mass is 10.1. The molecule has 0 aliphatic carbocycles. The van der Waals surface area contributed by atoms with Gasteiger partial charge in [-0.2, -0.15) is 0 Å². The quantitative estimate of drug-likeness (QED) is 0.653. The van der Waals surface area contributed by atoms with Crippen LogP contribution in [0.2, 0.25) is 0 Å². The second-order valence-electron chi connectivity index (χ2n) is 3.78. The first-order valence-electron chi connectivity index (χ1n) is 5.58. The minimum atomic E-state index is -0.731. The van der Waals surface area contributed by atoms with Crippen molar-refractivity contribution in [2.45, 2.75) is 19.9 Å². The average molecular weight is 251 g/mol. The van der Waals surface area contributed by atoms with Crippen LogP contribution in [0.1, 0.15) is 24.2 Å². The molecule has 1 unspecified atom stereocenters. The number of nitrogens with one attached hydrogen (secondary N) is 1. The maximum atomic E-state index is 11.8. The number of rotatable bonds is 5. The highest BCUT2D eigenvalue weighted by Gasteiger charge is 2.14. The van der Waals surface area contributed by atoms with Crippen molar-refractivity contribution in [1.29, 1.82) is 0 Å². The van der Waals surface area contributed by atoms with Crippen molar-refractivity contribution in [1.82, 2.24) is 5.32 Å². The number of carbonyl (C=O) groups excluding carboxylic acids is 2. The number of ether oxygens (including phenoxy) is 1. The molecule has 0 aromatic heterocycles. The molecule has 1 aromatic rings. The zero-order chi connectivity index (χ0) is 13.7. The Morgan fingerprint density at radius 2 is 2.11 bits per heavy atom. The van der Waals surface area contributed by atoms with Crippen molar-refractivity contribution >= 4 is 17.5 Å². The highest BCUT2D eigenvalue weighted by atomic mass is 16.5. The van der Waals surface area contributed by atoms with Crippen molar-refractivity contribution in [2.24, 2.45) is 5.73 Å². The van der Waals surface area contributed by atoms with Crippen LogP contribution < -0.4 is 21.5 Å². The summed E-state index contributed by atoms with van der Waals surface area (Å²) in [4.78, 5) is 22.6. The normalized spacial score (nSPS) is 11.7.